The lowest BCUT2D eigenvalue weighted by atomic mass is 10.1. The summed E-state index contributed by atoms with van der Waals surface area (Å²) in [5, 5.41) is 5.48. The molecule has 2 saturated heterocycles. The highest BCUT2D eigenvalue weighted by atomic mass is 35.5. The Kier molecular flexibility index (Phi) is 6.16. The van der Waals surface area contributed by atoms with Crippen molar-refractivity contribution < 1.29 is 4.39 Å². The normalized spacial score (nSPS) is 20.9. The van der Waals surface area contributed by atoms with Gasteiger partial charge in [-0.25, -0.2) is 9.37 Å². The summed E-state index contributed by atoms with van der Waals surface area (Å²) in [6, 6.07) is 13.3. The minimum absolute atomic E-state index is 0.166. The van der Waals surface area contributed by atoms with Crippen molar-refractivity contribution in [3.63, 3.8) is 0 Å². The summed E-state index contributed by atoms with van der Waals surface area (Å²) in [6.45, 7) is 8.28. The van der Waals surface area contributed by atoms with Crippen LogP contribution in [0.2, 0.25) is 5.02 Å². The lowest BCUT2D eigenvalue weighted by Gasteiger charge is -2.36. The maximum absolute atomic E-state index is 14.8. The largest absolute Gasteiger partial charge is 0.383 e. The number of fused-ring (bicyclic) bond motifs is 3. The van der Waals surface area contributed by atoms with Crippen LogP contribution in [0.1, 0.15) is 31.4 Å². The molecule has 0 saturated carbocycles. The van der Waals surface area contributed by atoms with Crippen LogP contribution in [0.3, 0.4) is 0 Å². The number of rotatable bonds is 7. The summed E-state index contributed by atoms with van der Waals surface area (Å²) >= 11 is 6.27. The van der Waals surface area contributed by atoms with Crippen LogP contribution in [0.5, 0.6) is 0 Å². The van der Waals surface area contributed by atoms with Crippen LogP contribution >= 0.6 is 11.6 Å². The van der Waals surface area contributed by atoms with Gasteiger partial charge in [0.25, 0.3) is 0 Å². The number of pyridine rings is 1. The number of nitrogen functional groups attached to an aromatic ring is 1. The zero-order chi connectivity index (χ0) is 23.1. The van der Waals surface area contributed by atoms with Crippen molar-refractivity contribution in [1.82, 2.24) is 14.8 Å². The monoisotopic (exact) mass is 467 g/mol. The Morgan fingerprint density at radius 3 is 2.73 bits per heavy atom. The predicted octanol–water partition coefficient (Wildman–Crippen LogP) is 4.93. The lowest BCUT2D eigenvalue weighted by Crippen LogP contribution is -2.49. The fraction of sp³-hybridized carbons (Fsp3) is 0.423. The van der Waals surface area contributed by atoms with Gasteiger partial charge in [-0.15, -0.1) is 0 Å². The zero-order valence-electron chi connectivity index (χ0n) is 19.2. The maximum Gasteiger partial charge on any atom is 0.131 e. The molecule has 33 heavy (non-hydrogen) atoms. The van der Waals surface area contributed by atoms with E-state index >= 15 is 0 Å². The molecule has 2 atom stereocenters. The number of aromatic nitrogens is 1. The minimum atomic E-state index is -0.166. The first-order valence-corrected chi connectivity index (χ1v) is 12.1. The van der Waals surface area contributed by atoms with Gasteiger partial charge in [-0.05, 0) is 56.5 Å². The molecule has 2 fully saturated rings. The van der Waals surface area contributed by atoms with Gasteiger partial charge in [-0.1, -0.05) is 23.7 Å². The molecule has 3 N–H and O–H groups in total. The molecule has 2 aliphatic rings. The summed E-state index contributed by atoms with van der Waals surface area (Å²) in [4.78, 5) is 9.29. The van der Waals surface area contributed by atoms with Crippen molar-refractivity contribution in [1.29, 1.82) is 0 Å². The van der Waals surface area contributed by atoms with E-state index in [0.717, 1.165) is 41.5 Å². The van der Waals surface area contributed by atoms with Gasteiger partial charge in [-0.2, -0.15) is 0 Å². The van der Waals surface area contributed by atoms with Gasteiger partial charge in [0.05, 0.1) is 5.02 Å². The van der Waals surface area contributed by atoms with Crippen LogP contribution in [0.4, 0.5) is 15.9 Å². The lowest BCUT2D eigenvalue weighted by molar-refractivity contribution is 0.105. The molecule has 0 unspecified atom stereocenters. The molecular weight excluding hydrogens is 437 g/mol. The molecule has 1 aromatic heterocycles. The standard InChI is InChI=1S/C26H31ClFN5/c1-16(2)33-15-20-11-21(33)14-32(20)8-7-17-3-4-18(25(28)9-17)12-30-19-5-6-22-23(10-19)24(27)13-31-26(22)29/h3-6,9-10,13,16,20-21,30H,7-8,11-12,14-15H2,1-2H3,(H2,29,31)/t20-,21-/m1/s1. The van der Waals surface area contributed by atoms with Gasteiger partial charge >= 0.3 is 0 Å². The molecule has 3 heterocycles. The summed E-state index contributed by atoms with van der Waals surface area (Å²) in [5.74, 6) is 0.280. The number of nitrogens with zero attached hydrogens (tertiary/aromatic N) is 3. The Labute approximate surface area is 199 Å². The summed E-state index contributed by atoms with van der Waals surface area (Å²) in [7, 11) is 0. The molecule has 0 amide bonds. The van der Waals surface area contributed by atoms with E-state index in [-0.39, 0.29) is 5.82 Å². The summed E-state index contributed by atoms with van der Waals surface area (Å²) in [5.41, 5.74) is 8.49. The molecule has 174 valence electrons. The van der Waals surface area contributed by atoms with Crippen molar-refractivity contribution in [2.24, 2.45) is 0 Å². The quantitative estimate of drug-likeness (QED) is 0.516. The summed E-state index contributed by atoms with van der Waals surface area (Å²) < 4.78 is 14.8. The first-order chi connectivity index (χ1) is 15.9. The fourth-order valence-corrected chi connectivity index (χ4v) is 5.59. The Morgan fingerprint density at radius 2 is 2.00 bits per heavy atom. The van der Waals surface area contributed by atoms with Crippen LogP contribution in [-0.2, 0) is 13.0 Å². The van der Waals surface area contributed by atoms with Crippen molar-refractivity contribution in [3.05, 3.63) is 64.6 Å². The first kappa shape index (κ1) is 22.4. The number of likely N-dealkylation sites (tertiary alicyclic amines) is 2. The SMILES string of the molecule is CC(C)N1C[C@H]2C[C@@H]1CN2CCc1ccc(CNc2ccc3c(N)ncc(Cl)c3c2)c(F)c1. The van der Waals surface area contributed by atoms with Crippen molar-refractivity contribution >= 4 is 33.9 Å². The molecule has 0 spiro atoms. The van der Waals surface area contributed by atoms with Crippen molar-refractivity contribution in [3.8, 4) is 0 Å². The first-order valence-electron chi connectivity index (χ1n) is 11.7. The number of hydrogen-bond donors (Lipinski definition) is 2. The van der Waals surface area contributed by atoms with Gasteiger partial charge in [0.15, 0.2) is 0 Å². The van der Waals surface area contributed by atoms with Gasteiger partial charge in [0.1, 0.15) is 11.6 Å². The van der Waals surface area contributed by atoms with E-state index in [2.05, 4.69) is 40.0 Å². The minimum Gasteiger partial charge on any atom is -0.383 e. The van der Waals surface area contributed by atoms with E-state index in [4.69, 9.17) is 17.3 Å². The Balaban J connectivity index is 1.18. The second-order valence-electron chi connectivity index (χ2n) is 9.61. The maximum atomic E-state index is 14.8. The highest BCUT2D eigenvalue weighted by Crippen LogP contribution is 2.32. The highest BCUT2D eigenvalue weighted by Gasteiger charge is 2.43. The van der Waals surface area contributed by atoms with Crippen molar-refractivity contribution in [2.75, 3.05) is 30.7 Å². The van der Waals surface area contributed by atoms with Crippen LogP contribution in [0.15, 0.2) is 42.6 Å². The molecular formula is C26H31ClFN5. The van der Waals surface area contributed by atoms with Crippen LogP contribution in [-0.4, -0.2) is 52.5 Å². The Hall–Kier alpha value is -2.41. The number of anilines is 2. The molecule has 3 aromatic rings. The van der Waals surface area contributed by atoms with Crippen LogP contribution < -0.4 is 11.1 Å². The van der Waals surface area contributed by atoms with Crippen LogP contribution in [0, 0.1) is 5.82 Å². The number of benzene rings is 2. The molecule has 2 aliphatic heterocycles. The van der Waals surface area contributed by atoms with Crippen molar-refractivity contribution in [2.45, 2.75) is 51.4 Å². The van der Waals surface area contributed by atoms with Crippen LogP contribution in [0.25, 0.3) is 10.8 Å². The molecule has 2 bridgehead atoms. The number of nitrogens with one attached hydrogen (secondary N) is 1. The van der Waals surface area contributed by atoms with E-state index in [1.807, 2.05) is 24.3 Å². The molecule has 5 nitrogen and oxygen atoms in total. The Morgan fingerprint density at radius 1 is 1.15 bits per heavy atom. The van der Waals surface area contributed by atoms with Gasteiger partial charge in [0.2, 0.25) is 0 Å². The summed E-state index contributed by atoms with van der Waals surface area (Å²) in [6.07, 6.45) is 3.71. The molecule has 0 aliphatic carbocycles. The molecule has 5 rings (SSSR count). The van der Waals surface area contributed by atoms with E-state index < -0.39 is 0 Å². The second-order valence-corrected chi connectivity index (χ2v) is 10.0. The van der Waals surface area contributed by atoms with E-state index in [9.17, 15) is 4.39 Å². The van der Waals surface area contributed by atoms with E-state index in [1.165, 1.54) is 13.0 Å². The predicted molar refractivity (Wildman–Crippen MR) is 134 cm³/mol. The second kappa shape index (κ2) is 9.09. The van der Waals surface area contributed by atoms with Gasteiger partial charge in [0, 0.05) is 72.5 Å². The highest BCUT2D eigenvalue weighted by molar-refractivity contribution is 6.35. The number of halogens is 2. The number of nitrogens with two attached hydrogens (primary N) is 1. The topological polar surface area (TPSA) is 57.4 Å². The fourth-order valence-electron chi connectivity index (χ4n) is 5.39. The van der Waals surface area contributed by atoms with Gasteiger partial charge < -0.3 is 11.1 Å². The third kappa shape index (κ3) is 4.52. The average Bonchev–Trinajstić information content (AvgIpc) is 3.40. The number of piperazine rings is 1. The van der Waals surface area contributed by atoms with E-state index in [1.54, 1.807) is 12.3 Å². The number of hydrogen-bond acceptors (Lipinski definition) is 5. The molecule has 0 radical (unpaired) electrons. The third-order valence-electron chi connectivity index (χ3n) is 7.22. The Bertz CT molecular complexity index is 1170. The smallest absolute Gasteiger partial charge is 0.131 e. The molecule has 7 heteroatoms. The molecule has 2 aromatic carbocycles. The zero-order valence-corrected chi connectivity index (χ0v) is 19.9. The van der Waals surface area contributed by atoms with E-state index in [0.29, 0.717) is 41.1 Å². The van der Waals surface area contributed by atoms with Gasteiger partial charge in [-0.3, -0.25) is 9.80 Å². The average molecular weight is 468 g/mol. The third-order valence-corrected chi connectivity index (χ3v) is 7.52.